The van der Waals surface area contributed by atoms with E-state index in [1.807, 2.05) is 13.8 Å². The van der Waals surface area contributed by atoms with Crippen LogP contribution in [-0.4, -0.2) is 46.4 Å². The third-order valence-electron chi connectivity index (χ3n) is 7.20. The normalized spacial score (nSPS) is 26.8. The molecule has 2 unspecified atom stereocenters. The summed E-state index contributed by atoms with van der Waals surface area (Å²) in [6.07, 6.45) is 1.07. The molecule has 4 rings (SSSR count). The number of aromatic nitrogens is 1. The number of pyridine rings is 1. The average Bonchev–Trinajstić information content (AvgIpc) is 2.70. The fourth-order valence-electron chi connectivity index (χ4n) is 5.18. The molecule has 2 aliphatic heterocycles. The molecule has 2 saturated heterocycles. The molecule has 1 aromatic heterocycles. The second-order valence-electron chi connectivity index (χ2n) is 9.52. The first-order valence-electron chi connectivity index (χ1n) is 11.0. The van der Waals surface area contributed by atoms with Gasteiger partial charge in [-0.2, -0.15) is 0 Å². The van der Waals surface area contributed by atoms with Gasteiger partial charge in [0.15, 0.2) is 0 Å². The van der Waals surface area contributed by atoms with Crippen molar-refractivity contribution in [3.8, 4) is 0 Å². The van der Waals surface area contributed by atoms with Crippen LogP contribution in [0.3, 0.4) is 0 Å². The number of halogens is 1. The molecular formula is C24H30FN3O3. The zero-order chi connectivity index (χ0) is 22.6. The Morgan fingerprint density at radius 2 is 2.06 bits per heavy atom. The quantitative estimate of drug-likeness (QED) is 0.736. The van der Waals surface area contributed by atoms with Gasteiger partial charge in [0.25, 0.3) is 0 Å². The Labute approximate surface area is 181 Å². The number of carbonyl (C=O) groups is 2. The van der Waals surface area contributed by atoms with Gasteiger partial charge in [0.05, 0.1) is 17.0 Å². The van der Waals surface area contributed by atoms with Crippen LogP contribution in [0.4, 0.5) is 4.39 Å². The van der Waals surface area contributed by atoms with Crippen molar-refractivity contribution in [2.75, 3.05) is 19.6 Å². The van der Waals surface area contributed by atoms with Gasteiger partial charge in [0.2, 0.25) is 11.8 Å². The van der Waals surface area contributed by atoms with E-state index < -0.39 is 22.8 Å². The minimum atomic E-state index is -1.31. The second-order valence-corrected chi connectivity index (χ2v) is 9.52. The highest BCUT2D eigenvalue weighted by Crippen LogP contribution is 2.47. The lowest BCUT2D eigenvalue weighted by Crippen LogP contribution is -2.55. The summed E-state index contributed by atoms with van der Waals surface area (Å²) in [5.74, 6) is -1.68. The smallest absolute Gasteiger partial charge is 0.234 e. The number of likely N-dealkylation sites (tertiary alicyclic amines) is 1. The predicted molar refractivity (Wildman–Crippen MR) is 116 cm³/mol. The van der Waals surface area contributed by atoms with Gasteiger partial charge >= 0.3 is 0 Å². The Hall–Kier alpha value is -2.38. The standard InChI is InChI=1S/C24H30FN3O3/c1-5-28-11-10-24(31,23(3,4)13-28)18-7-8-19-17(21(18)25)12-16(14(2)26-19)15-6-9-20(29)27-22(15)30/h7-8,12,15,31H,5-6,9-11,13H2,1-4H3,(H,27,29,30). The minimum absolute atomic E-state index is 0.248. The van der Waals surface area contributed by atoms with E-state index in [1.165, 1.54) is 0 Å². The summed E-state index contributed by atoms with van der Waals surface area (Å²) in [5.41, 5.74) is 0.185. The van der Waals surface area contributed by atoms with Gasteiger partial charge in [-0.05, 0) is 44.0 Å². The molecule has 0 bridgehead atoms. The van der Waals surface area contributed by atoms with Crippen molar-refractivity contribution in [2.45, 2.75) is 58.5 Å². The fraction of sp³-hybridized carbons (Fsp3) is 0.542. The number of carbonyl (C=O) groups excluding carboxylic acids is 2. The number of aryl methyl sites for hydroxylation is 1. The highest BCUT2D eigenvalue weighted by molar-refractivity contribution is 6.01. The van der Waals surface area contributed by atoms with Gasteiger partial charge in [-0.1, -0.05) is 26.8 Å². The summed E-state index contributed by atoms with van der Waals surface area (Å²) in [5, 5.41) is 14.3. The lowest BCUT2D eigenvalue weighted by molar-refractivity contribution is -0.134. The van der Waals surface area contributed by atoms with E-state index in [1.54, 1.807) is 25.1 Å². The number of amides is 2. The number of aliphatic hydroxyl groups is 1. The summed E-state index contributed by atoms with van der Waals surface area (Å²) < 4.78 is 15.9. The zero-order valence-corrected chi connectivity index (χ0v) is 18.6. The van der Waals surface area contributed by atoms with Crippen LogP contribution in [0, 0.1) is 18.2 Å². The van der Waals surface area contributed by atoms with E-state index in [2.05, 4.69) is 22.1 Å². The Morgan fingerprint density at radius 3 is 2.71 bits per heavy atom. The molecule has 1 aromatic carbocycles. The number of imide groups is 1. The monoisotopic (exact) mass is 427 g/mol. The third-order valence-corrected chi connectivity index (χ3v) is 7.20. The summed E-state index contributed by atoms with van der Waals surface area (Å²) >= 11 is 0. The summed E-state index contributed by atoms with van der Waals surface area (Å²) in [7, 11) is 0. The van der Waals surface area contributed by atoms with Crippen LogP contribution in [-0.2, 0) is 15.2 Å². The highest BCUT2D eigenvalue weighted by atomic mass is 19.1. The van der Waals surface area contributed by atoms with Crippen LogP contribution < -0.4 is 5.32 Å². The Balaban J connectivity index is 1.81. The van der Waals surface area contributed by atoms with Crippen LogP contribution in [0.2, 0.25) is 0 Å². The van der Waals surface area contributed by atoms with Crippen LogP contribution in [0.25, 0.3) is 10.9 Å². The van der Waals surface area contributed by atoms with Crippen molar-refractivity contribution in [3.63, 3.8) is 0 Å². The molecule has 6 nitrogen and oxygen atoms in total. The van der Waals surface area contributed by atoms with Gasteiger partial charge in [0, 0.05) is 41.6 Å². The SMILES string of the molecule is CCN1CCC(O)(c2ccc3nc(C)c(C4CCC(=O)NC4=O)cc3c2F)C(C)(C)C1. The number of hydrogen-bond donors (Lipinski definition) is 2. The number of fused-ring (bicyclic) bond motifs is 1. The van der Waals surface area contributed by atoms with Crippen molar-refractivity contribution in [1.82, 2.24) is 15.2 Å². The van der Waals surface area contributed by atoms with Crippen molar-refractivity contribution in [3.05, 3.63) is 40.8 Å². The molecule has 31 heavy (non-hydrogen) atoms. The van der Waals surface area contributed by atoms with Crippen molar-refractivity contribution >= 4 is 22.7 Å². The molecule has 2 fully saturated rings. The molecule has 3 heterocycles. The van der Waals surface area contributed by atoms with E-state index in [0.717, 1.165) is 6.54 Å². The van der Waals surface area contributed by atoms with Gasteiger partial charge in [-0.25, -0.2) is 4.39 Å². The van der Waals surface area contributed by atoms with Crippen LogP contribution in [0.5, 0.6) is 0 Å². The maximum atomic E-state index is 15.9. The lowest BCUT2D eigenvalue weighted by atomic mass is 9.66. The Kier molecular flexibility index (Phi) is 5.38. The van der Waals surface area contributed by atoms with Crippen LogP contribution in [0.1, 0.15) is 62.8 Å². The number of benzene rings is 1. The number of nitrogens with zero attached hydrogens (tertiary/aromatic N) is 2. The molecule has 166 valence electrons. The van der Waals surface area contributed by atoms with Gasteiger partial charge in [-0.3, -0.25) is 19.9 Å². The maximum Gasteiger partial charge on any atom is 0.234 e. The first-order chi connectivity index (χ1) is 14.6. The second kappa shape index (κ2) is 7.64. The summed E-state index contributed by atoms with van der Waals surface area (Å²) in [6, 6.07) is 5.07. The number of hydrogen-bond acceptors (Lipinski definition) is 5. The van der Waals surface area contributed by atoms with Crippen molar-refractivity contribution in [1.29, 1.82) is 0 Å². The first-order valence-corrected chi connectivity index (χ1v) is 11.0. The summed E-state index contributed by atoms with van der Waals surface area (Å²) in [6.45, 7) is 10.1. The van der Waals surface area contributed by atoms with E-state index in [0.29, 0.717) is 48.1 Å². The van der Waals surface area contributed by atoms with E-state index in [-0.39, 0.29) is 23.8 Å². The van der Waals surface area contributed by atoms with Crippen LogP contribution in [0.15, 0.2) is 18.2 Å². The molecule has 2 aliphatic rings. The molecule has 0 aliphatic carbocycles. The molecule has 0 radical (unpaired) electrons. The lowest BCUT2D eigenvalue weighted by Gasteiger charge is -2.50. The predicted octanol–water partition coefficient (Wildman–Crippen LogP) is 3.14. The van der Waals surface area contributed by atoms with Crippen molar-refractivity contribution < 1.29 is 19.1 Å². The summed E-state index contributed by atoms with van der Waals surface area (Å²) in [4.78, 5) is 30.7. The molecule has 7 heteroatoms. The molecular weight excluding hydrogens is 397 g/mol. The highest BCUT2D eigenvalue weighted by Gasteiger charge is 2.50. The van der Waals surface area contributed by atoms with Crippen LogP contribution >= 0.6 is 0 Å². The molecule has 0 spiro atoms. The topological polar surface area (TPSA) is 82.5 Å². The van der Waals surface area contributed by atoms with E-state index in [9.17, 15) is 14.7 Å². The van der Waals surface area contributed by atoms with Gasteiger partial charge in [0.1, 0.15) is 5.82 Å². The first kappa shape index (κ1) is 21.8. The number of nitrogens with one attached hydrogen (secondary N) is 1. The third kappa shape index (κ3) is 3.53. The maximum absolute atomic E-state index is 15.9. The molecule has 0 saturated carbocycles. The molecule has 2 amide bonds. The fourth-order valence-corrected chi connectivity index (χ4v) is 5.18. The Morgan fingerprint density at radius 1 is 1.32 bits per heavy atom. The molecule has 2 aromatic rings. The largest absolute Gasteiger partial charge is 0.384 e. The van der Waals surface area contributed by atoms with E-state index in [4.69, 9.17) is 0 Å². The zero-order valence-electron chi connectivity index (χ0n) is 18.6. The van der Waals surface area contributed by atoms with Crippen molar-refractivity contribution in [2.24, 2.45) is 5.41 Å². The Bertz CT molecular complexity index is 1070. The average molecular weight is 428 g/mol. The number of piperidine rings is 2. The van der Waals surface area contributed by atoms with E-state index >= 15 is 4.39 Å². The minimum Gasteiger partial charge on any atom is -0.384 e. The molecule has 2 N–H and O–H groups in total. The molecule has 2 atom stereocenters. The van der Waals surface area contributed by atoms with Gasteiger partial charge < -0.3 is 10.0 Å². The van der Waals surface area contributed by atoms with Gasteiger partial charge in [-0.15, -0.1) is 0 Å². The number of rotatable bonds is 3.